The monoisotopic (exact) mass is 411 g/mol. The Morgan fingerprint density at radius 1 is 1.21 bits per heavy atom. The molecule has 0 unspecified atom stereocenters. The van der Waals surface area contributed by atoms with Gasteiger partial charge in [0.15, 0.2) is 4.34 Å². The molecular formula is C20H17N3O3S2. The number of aromatic nitrogens is 2. The van der Waals surface area contributed by atoms with Crippen LogP contribution >= 0.6 is 23.1 Å². The van der Waals surface area contributed by atoms with Crippen molar-refractivity contribution < 1.29 is 13.9 Å². The number of ether oxygens (including phenoxy) is 1. The standard InChI is InChI=1S/C20H17N3O3S2/c1-25-15-7-8-16-14(11-26-17(16)10-15)9-18(24)21-19-22-23-20(28-19)27-12-13-5-3-2-4-6-13/h2-8,10-11H,9,12H2,1H3,(H,21,22,24). The molecule has 28 heavy (non-hydrogen) atoms. The molecule has 6 nitrogen and oxygen atoms in total. The summed E-state index contributed by atoms with van der Waals surface area (Å²) < 4.78 is 11.5. The molecule has 8 heteroatoms. The molecule has 0 radical (unpaired) electrons. The highest BCUT2D eigenvalue weighted by Crippen LogP contribution is 2.29. The van der Waals surface area contributed by atoms with E-state index in [9.17, 15) is 4.79 Å². The Labute approximate surface area is 169 Å². The molecule has 2 heterocycles. The van der Waals surface area contributed by atoms with Gasteiger partial charge in [-0.25, -0.2) is 0 Å². The van der Waals surface area contributed by atoms with Crippen molar-refractivity contribution in [2.75, 3.05) is 12.4 Å². The van der Waals surface area contributed by atoms with E-state index < -0.39 is 0 Å². The molecule has 4 aromatic rings. The van der Waals surface area contributed by atoms with Crippen LogP contribution in [0.1, 0.15) is 11.1 Å². The Kier molecular flexibility index (Phi) is 5.59. The number of carbonyl (C=O) groups is 1. The second-order valence-corrected chi connectivity index (χ2v) is 8.20. The van der Waals surface area contributed by atoms with Crippen molar-refractivity contribution in [3.63, 3.8) is 0 Å². The number of thioether (sulfide) groups is 1. The molecule has 1 amide bonds. The molecule has 0 aliphatic carbocycles. The van der Waals surface area contributed by atoms with Crippen molar-refractivity contribution >= 4 is 45.1 Å². The number of nitrogens with one attached hydrogen (secondary N) is 1. The topological polar surface area (TPSA) is 77.2 Å². The zero-order chi connectivity index (χ0) is 19.3. The van der Waals surface area contributed by atoms with Crippen LogP contribution in [0.2, 0.25) is 0 Å². The first kappa shape index (κ1) is 18.5. The van der Waals surface area contributed by atoms with Gasteiger partial charge in [-0.2, -0.15) is 0 Å². The van der Waals surface area contributed by atoms with E-state index in [0.717, 1.165) is 21.0 Å². The number of amides is 1. The summed E-state index contributed by atoms with van der Waals surface area (Å²) in [5, 5.41) is 12.4. The van der Waals surface area contributed by atoms with E-state index in [1.54, 1.807) is 31.2 Å². The van der Waals surface area contributed by atoms with E-state index in [-0.39, 0.29) is 12.3 Å². The third kappa shape index (κ3) is 4.35. The van der Waals surface area contributed by atoms with Crippen molar-refractivity contribution in [2.24, 2.45) is 0 Å². The average Bonchev–Trinajstić information content (AvgIpc) is 3.33. The lowest BCUT2D eigenvalue weighted by atomic mass is 10.1. The van der Waals surface area contributed by atoms with E-state index in [0.29, 0.717) is 16.5 Å². The number of hydrogen-bond donors (Lipinski definition) is 1. The molecule has 0 spiro atoms. The Bertz CT molecular complexity index is 1090. The Morgan fingerprint density at radius 2 is 2.07 bits per heavy atom. The summed E-state index contributed by atoms with van der Waals surface area (Å²) in [5.74, 6) is 1.37. The molecule has 0 saturated carbocycles. The highest BCUT2D eigenvalue weighted by Gasteiger charge is 2.13. The minimum atomic E-state index is -0.158. The second-order valence-electron chi connectivity index (χ2n) is 6.00. The van der Waals surface area contributed by atoms with Gasteiger partial charge in [0, 0.05) is 22.8 Å². The van der Waals surface area contributed by atoms with Crippen LogP contribution in [0.3, 0.4) is 0 Å². The average molecular weight is 412 g/mol. The summed E-state index contributed by atoms with van der Waals surface area (Å²) in [6, 6.07) is 15.7. The first-order valence-corrected chi connectivity index (χ1v) is 10.4. The molecule has 2 aromatic carbocycles. The fraction of sp³-hybridized carbons (Fsp3) is 0.150. The van der Waals surface area contributed by atoms with Gasteiger partial charge >= 0.3 is 0 Å². The first-order valence-electron chi connectivity index (χ1n) is 8.55. The zero-order valence-corrected chi connectivity index (χ0v) is 16.7. The molecule has 0 bridgehead atoms. The van der Waals surface area contributed by atoms with Gasteiger partial charge in [0.05, 0.1) is 19.8 Å². The predicted molar refractivity (Wildman–Crippen MR) is 111 cm³/mol. The quantitative estimate of drug-likeness (QED) is 0.349. The van der Waals surface area contributed by atoms with E-state index >= 15 is 0 Å². The summed E-state index contributed by atoms with van der Waals surface area (Å²) in [5.41, 5.74) is 2.73. The number of rotatable bonds is 7. The summed E-state index contributed by atoms with van der Waals surface area (Å²) in [7, 11) is 1.60. The summed E-state index contributed by atoms with van der Waals surface area (Å²) in [4.78, 5) is 12.4. The summed E-state index contributed by atoms with van der Waals surface area (Å²) >= 11 is 2.97. The van der Waals surface area contributed by atoms with Gasteiger partial charge in [-0.1, -0.05) is 53.4 Å². The summed E-state index contributed by atoms with van der Waals surface area (Å²) in [6.07, 6.45) is 1.80. The number of anilines is 1. The van der Waals surface area contributed by atoms with Gasteiger partial charge < -0.3 is 14.5 Å². The lowest BCUT2D eigenvalue weighted by Crippen LogP contribution is -2.13. The number of hydrogen-bond acceptors (Lipinski definition) is 7. The summed E-state index contributed by atoms with van der Waals surface area (Å²) in [6.45, 7) is 0. The van der Waals surface area contributed by atoms with E-state index in [2.05, 4.69) is 27.6 Å². The molecule has 1 N–H and O–H groups in total. The molecular weight excluding hydrogens is 394 g/mol. The minimum absolute atomic E-state index is 0.158. The van der Waals surface area contributed by atoms with Gasteiger partial charge in [-0.3, -0.25) is 4.79 Å². The van der Waals surface area contributed by atoms with E-state index in [4.69, 9.17) is 9.15 Å². The SMILES string of the molecule is COc1ccc2c(CC(=O)Nc3nnc(SCc4ccccc4)s3)coc2c1. The van der Waals surface area contributed by atoms with Crippen molar-refractivity contribution in [3.05, 3.63) is 65.9 Å². The van der Waals surface area contributed by atoms with Crippen LogP contribution < -0.4 is 10.1 Å². The van der Waals surface area contributed by atoms with Gasteiger partial charge in [0.25, 0.3) is 0 Å². The molecule has 0 aliphatic heterocycles. The second kappa shape index (κ2) is 8.45. The Hall–Kier alpha value is -2.84. The van der Waals surface area contributed by atoms with Crippen molar-refractivity contribution in [3.8, 4) is 5.75 Å². The highest BCUT2D eigenvalue weighted by molar-refractivity contribution is 8.00. The van der Waals surface area contributed by atoms with Crippen molar-refractivity contribution in [1.82, 2.24) is 10.2 Å². The fourth-order valence-electron chi connectivity index (χ4n) is 2.70. The van der Waals surface area contributed by atoms with Gasteiger partial charge in [0.1, 0.15) is 11.3 Å². The van der Waals surface area contributed by atoms with Crippen LogP contribution in [0.25, 0.3) is 11.0 Å². The number of carbonyl (C=O) groups excluding carboxylic acids is 1. The van der Waals surface area contributed by atoms with Crippen molar-refractivity contribution in [2.45, 2.75) is 16.5 Å². The first-order chi connectivity index (χ1) is 13.7. The normalized spacial score (nSPS) is 10.9. The number of methoxy groups -OCH3 is 1. The Morgan fingerprint density at radius 3 is 2.89 bits per heavy atom. The molecule has 142 valence electrons. The van der Waals surface area contributed by atoms with E-state index in [1.807, 2.05) is 30.3 Å². The maximum absolute atomic E-state index is 12.4. The van der Waals surface area contributed by atoms with Crippen LogP contribution in [0.15, 0.2) is 63.6 Å². The third-order valence-corrected chi connectivity index (χ3v) is 6.11. The van der Waals surface area contributed by atoms with Crippen LogP contribution in [0.5, 0.6) is 5.75 Å². The number of fused-ring (bicyclic) bond motifs is 1. The van der Waals surface area contributed by atoms with Crippen LogP contribution in [-0.2, 0) is 17.0 Å². The fourth-order valence-corrected chi connectivity index (χ4v) is 4.43. The van der Waals surface area contributed by atoms with Crippen LogP contribution in [0, 0.1) is 0 Å². The zero-order valence-electron chi connectivity index (χ0n) is 15.0. The lowest BCUT2D eigenvalue weighted by Gasteiger charge is -2.01. The molecule has 2 aromatic heterocycles. The molecule has 0 aliphatic rings. The molecule has 0 saturated heterocycles. The Balaban J connectivity index is 1.36. The van der Waals surface area contributed by atoms with Crippen LogP contribution in [0.4, 0.5) is 5.13 Å². The molecule has 0 fully saturated rings. The van der Waals surface area contributed by atoms with Gasteiger partial charge in [-0.05, 0) is 17.7 Å². The number of nitrogens with zero attached hydrogens (tertiary/aromatic N) is 2. The molecule has 4 rings (SSSR count). The maximum Gasteiger partial charge on any atom is 0.230 e. The number of benzene rings is 2. The third-order valence-electron chi connectivity index (χ3n) is 4.07. The predicted octanol–water partition coefficient (Wildman–Crippen LogP) is 4.77. The molecule has 0 atom stereocenters. The lowest BCUT2D eigenvalue weighted by molar-refractivity contribution is -0.115. The van der Waals surface area contributed by atoms with Crippen molar-refractivity contribution in [1.29, 1.82) is 0 Å². The van der Waals surface area contributed by atoms with Gasteiger partial charge in [0.2, 0.25) is 11.0 Å². The van der Waals surface area contributed by atoms with Crippen LogP contribution in [-0.4, -0.2) is 23.2 Å². The smallest absolute Gasteiger partial charge is 0.230 e. The van der Waals surface area contributed by atoms with Gasteiger partial charge in [-0.15, -0.1) is 10.2 Å². The minimum Gasteiger partial charge on any atom is -0.497 e. The largest absolute Gasteiger partial charge is 0.497 e. The highest BCUT2D eigenvalue weighted by atomic mass is 32.2. The van der Waals surface area contributed by atoms with E-state index in [1.165, 1.54) is 16.9 Å². The number of furan rings is 1. The maximum atomic E-state index is 12.4.